The maximum Gasteiger partial charge on any atom is 0.127 e. The van der Waals surface area contributed by atoms with Crippen LogP contribution in [0.4, 0.5) is 0 Å². The first-order valence-corrected chi connectivity index (χ1v) is 11.6. The number of benzene rings is 2. The van der Waals surface area contributed by atoms with Crippen molar-refractivity contribution in [1.29, 1.82) is 0 Å². The minimum absolute atomic E-state index is 0.168. The molecule has 0 heterocycles. The summed E-state index contributed by atoms with van der Waals surface area (Å²) in [6.45, 7) is 7.21. The molecular weight excluding hydrogens is 320 g/mol. The van der Waals surface area contributed by atoms with Crippen LogP contribution in [0, 0.1) is 0 Å². The Bertz CT molecular complexity index is 673. The number of hydrogen-bond acceptors (Lipinski definition) is 1. The van der Waals surface area contributed by atoms with Gasteiger partial charge in [0.1, 0.15) is 8.07 Å². The maximum absolute atomic E-state index is 10.2. The molecule has 0 amide bonds. The molecule has 1 nitrogen and oxygen atoms in total. The smallest absolute Gasteiger partial charge is 0.127 e. The van der Waals surface area contributed by atoms with Crippen molar-refractivity contribution in [1.82, 2.24) is 0 Å². The third-order valence-electron chi connectivity index (χ3n) is 5.74. The monoisotopic (exact) mass is 350 g/mol. The molecule has 0 bridgehead atoms. The Labute approximate surface area is 153 Å². The predicted octanol–water partition coefficient (Wildman–Crippen LogP) is 4.52. The van der Waals surface area contributed by atoms with Gasteiger partial charge in [0.15, 0.2) is 0 Å². The van der Waals surface area contributed by atoms with Crippen LogP contribution in [0.25, 0.3) is 0 Å². The van der Waals surface area contributed by atoms with Gasteiger partial charge in [0, 0.05) is 0 Å². The van der Waals surface area contributed by atoms with E-state index in [1.54, 1.807) is 0 Å². The van der Waals surface area contributed by atoms with Gasteiger partial charge < -0.3 is 5.11 Å². The van der Waals surface area contributed by atoms with E-state index in [-0.39, 0.29) is 11.1 Å². The summed E-state index contributed by atoms with van der Waals surface area (Å²) in [7, 11) is -2.05. The fourth-order valence-electron chi connectivity index (χ4n) is 4.40. The minimum atomic E-state index is -2.05. The lowest BCUT2D eigenvalue weighted by molar-refractivity contribution is 0.160. The number of aliphatic hydroxyl groups is 1. The minimum Gasteiger partial charge on any atom is -0.393 e. The van der Waals surface area contributed by atoms with E-state index in [1.165, 1.54) is 15.9 Å². The largest absolute Gasteiger partial charge is 0.393 e. The highest BCUT2D eigenvalue weighted by Crippen LogP contribution is 2.41. The van der Waals surface area contributed by atoms with Gasteiger partial charge in [-0.25, -0.2) is 0 Å². The van der Waals surface area contributed by atoms with Gasteiger partial charge in [-0.2, -0.15) is 0 Å². The van der Waals surface area contributed by atoms with Crippen molar-refractivity contribution in [3.63, 3.8) is 0 Å². The summed E-state index contributed by atoms with van der Waals surface area (Å²) in [6, 6.07) is 23.3. The quantitative estimate of drug-likeness (QED) is 0.635. The molecule has 2 aromatic carbocycles. The molecular formula is C23H30OSi. The van der Waals surface area contributed by atoms with E-state index in [0.29, 0.717) is 0 Å². The molecule has 132 valence electrons. The van der Waals surface area contributed by atoms with Gasteiger partial charge in [0.2, 0.25) is 0 Å². The molecule has 25 heavy (non-hydrogen) atoms. The van der Waals surface area contributed by atoms with Crippen LogP contribution >= 0.6 is 0 Å². The van der Waals surface area contributed by atoms with E-state index in [9.17, 15) is 5.11 Å². The topological polar surface area (TPSA) is 20.2 Å². The predicted molar refractivity (Wildman–Crippen MR) is 110 cm³/mol. The Morgan fingerprint density at radius 3 is 1.88 bits per heavy atom. The van der Waals surface area contributed by atoms with Gasteiger partial charge in [0.25, 0.3) is 0 Å². The standard InChI is InChI=1S/C23H30OSi/c1-23(2,3)25(21-13-6-4-7-14-21,22-15-8-5-9-16-22)18-19-11-10-12-20(24)17-19/h4-9,11,13-16,20,24H,10,12,17-18H2,1-3H3. The zero-order valence-corrected chi connectivity index (χ0v) is 16.7. The highest BCUT2D eigenvalue weighted by Gasteiger charge is 2.47. The Morgan fingerprint density at radius 2 is 1.44 bits per heavy atom. The van der Waals surface area contributed by atoms with Gasteiger partial charge in [-0.3, -0.25) is 0 Å². The first-order valence-electron chi connectivity index (χ1n) is 9.40. The van der Waals surface area contributed by atoms with E-state index in [4.69, 9.17) is 0 Å². The van der Waals surface area contributed by atoms with E-state index in [1.807, 2.05) is 0 Å². The van der Waals surface area contributed by atoms with Gasteiger partial charge in [-0.1, -0.05) is 103 Å². The Hall–Kier alpha value is -1.64. The van der Waals surface area contributed by atoms with Crippen LogP contribution in [0.5, 0.6) is 0 Å². The summed E-state index contributed by atoms with van der Waals surface area (Å²) >= 11 is 0. The second-order valence-corrected chi connectivity index (χ2v) is 13.2. The number of hydrogen-bond donors (Lipinski definition) is 1. The molecule has 1 aliphatic carbocycles. The van der Waals surface area contributed by atoms with Crippen molar-refractivity contribution in [3.05, 3.63) is 72.3 Å². The number of aliphatic hydroxyl groups excluding tert-OH is 1. The molecule has 0 radical (unpaired) electrons. The molecule has 1 atom stereocenters. The van der Waals surface area contributed by atoms with Gasteiger partial charge in [0.05, 0.1) is 6.10 Å². The fourth-order valence-corrected chi connectivity index (χ4v) is 9.90. The second-order valence-electron chi connectivity index (χ2n) is 8.36. The second kappa shape index (κ2) is 7.31. The molecule has 0 spiro atoms. The highest BCUT2D eigenvalue weighted by molar-refractivity contribution is 7.04. The van der Waals surface area contributed by atoms with Crippen LogP contribution < -0.4 is 10.4 Å². The lowest BCUT2D eigenvalue weighted by Crippen LogP contribution is -2.64. The fraction of sp³-hybridized carbons (Fsp3) is 0.391. The molecule has 0 fully saturated rings. The van der Waals surface area contributed by atoms with Crippen LogP contribution in [0.3, 0.4) is 0 Å². The summed E-state index contributed by atoms with van der Waals surface area (Å²) in [4.78, 5) is 0. The molecule has 1 N–H and O–H groups in total. The first-order chi connectivity index (χ1) is 11.9. The van der Waals surface area contributed by atoms with Crippen molar-refractivity contribution >= 4 is 18.4 Å². The van der Waals surface area contributed by atoms with Crippen LogP contribution in [-0.4, -0.2) is 19.3 Å². The van der Waals surface area contributed by atoms with Gasteiger partial charge in [-0.05, 0) is 30.3 Å². The van der Waals surface area contributed by atoms with Gasteiger partial charge >= 0.3 is 0 Å². The van der Waals surface area contributed by atoms with Gasteiger partial charge in [-0.15, -0.1) is 0 Å². The maximum atomic E-state index is 10.2. The zero-order chi connectivity index (χ0) is 17.9. The van der Waals surface area contributed by atoms with E-state index in [2.05, 4.69) is 87.5 Å². The first kappa shape index (κ1) is 18.2. The third-order valence-corrected chi connectivity index (χ3v) is 11.9. The van der Waals surface area contributed by atoms with Crippen molar-refractivity contribution in [2.45, 2.75) is 57.2 Å². The SMILES string of the molecule is CC(C)(C)[Si](CC1=CCCC(O)C1)(c1ccccc1)c1ccccc1. The Morgan fingerprint density at radius 1 is 0.920 bits per heavy atom. The Balaban J connectivity index is 2.17. The average Bonchev–Trinajstić information content (AvgIpc) is 2.60. The van der Waals surface area contributed by atoms with Crippen LogP contribution in [0.15, 0.2) is 72.3 Å². The third kappa shape index (κ3) is 3.65. The van der Waals surface area contributed by atoms with Crippen molar-refractivity contribution in [2.24, 2.45) is 0 Å². The molecule has 3 rings (SSSR count). The highest BCUT2D eigenvalue weighted by atomic mass is 28.3. The normalized spacial score (nSPS) is 18.7. The number of rotatable bonds is 4. The van der Waals surface area contributed by atoms with E-state index >= 15 is 0 Å². The average molecular weight is 351 g/mol. The number of allylic oxidation sites excluding steroid dienone is 1. The summed E-state index contributed by atoms with van der Waals surface area (Å²) < 4.78 is 0. The molecule has 0 aliphatic heterocycles. The summed E-state index contributed by atoms with van der Waals surface area (Å²) in [6.07, 6.45) is 4.98. The van der Waals surface area contributed by atoms with Crippen LogP contribution in [0.1, 0.15) is 40.0 Å². The van der Waals surface area contributed by atoms with Crippen LogP contribution in [0.2, 0.25) is 11.1 Å². The van der Waals surface area contributed by atoms with Crippen molar-refractivity contribution in [3.8, 4) is 0 Å². The molecule has 2 heteroatoms. The molecule has 0 saturated carbocycles. The molecule has 0 saturated heterocycles. The molecule has 1 aliphatic rings. The zero-order valence-electron chi connectivity index (χ0n) is 15.7. The van der Waals surface area contributed by atoms with Crippen molar-refractivity contribution in [2.75, 3.05) is 0 Å². The Kier molecular flexibility index (Phi) is 5.31. The lowest BCUT2D eigenvalue weighted by atomic mass is 9.98. The molecule has 0 aromatic heterocycles. The van der Waals surface area contributed by atoms with E-state index in [0.717, 1.165) is 25.3 Å². The summed E-state index contributed by atoms with van der Waals surface area (Å²) in [5, 5.41) is 13.4. The van der Waals surface area contributed by atoms with E-state index < -0.39 is 8.07 Å². The van der Waals surface area contributed by atoms with Crippen LogP contribution in [-0.2, 0) is 0 Å². The lowest BCUT2D eigenvalue weighted by Gasteiger charge is -2.45. The molecule has 1 unspecified atom stereocenters. The van der Waals surface area contributed by atoms with Crippen molar-refractivity contribution < 1.29 is 5.11 Å². The summed E-state index contributed by atoms with van der Waals surface area (Å²) in [5.74, 6) is 0. The molecule has 2 aromatic rings. The summed E-state index contributed by atoms with van der Waals surface area (Å²) in [5.41, 5.74) is 1.45.